The molecular formula is C8H18N2O3. The van der Waals surface area contributed by atoms with Crippen molar-refractivity contribution in [2.45, 2.75) is 12.7 Å². The minimum Gasteiger partial charge on any atom is -0.396 e. The summed E-state index contributed by atoms with van der Waals surface area (Å²) in [4.78, 5) is 1.69. The van der Waals surface area contributed by atoms with E-state index in [1.807, 2.05) is 0 Å². The molecule has 0 radical (unpaired) electrons. The molecule has 78 valence electrons. The zero-order valence-corrected chi connectivity index (χ0v) is 8.41. The summed E-state index contributed by atoms with van der Waals surface area (Å²) in [5.74, 6) is 0.376. The lowest BCUT2D eigenvalue weighted by Crippen LogP contribution is -2.36. The fourth-order valence-corrected chi connectivity index (χ4v) is 0.876. The van der Waals surface area contributed by atoms with Gasteiger partial charge in [0.2, 0.25) is 0 Å². The summed E-state index contributed by atoms with van der Waals surface area (Å²) in [6, 6.07) is 0. The van der Waals surface area contributed by atoms with Crippen molar-refractivity contribution in [3.05, 3.63) is 0 Å². The van der Waals surface area contributed by atoms with E-state index >= 15 is 0 Å². The number of aliphatic hydroxyl groups is 1. The number of nitrogens with one attached hydrogen (secondary N) is 1. The standard InChI is InChI=1S/C8H18N2O3/c1-10(7(9)4-5-11)6-8(12-2)13-3/h8-9,11H,4-6H2,1-3H3. The molecule has 0 bridgehead atoms. The topological polar surface area (TPSA) is 65.8 Å². The van der Waals surface area contributed by atoms with Crippen LogP contribution in [0, 0.1) is 5.41 Å². The molecule has 0 rings (SSSR count). The zero-order chi connectivity index (χ0) is 10.3. The van der Waals surface area contributed by atoms with E-state index in [9.17, 15) is 0 Å². The van der Waals surface area contributed by atoms with Crippen LogP contribution in [0.15, 0.2) is 0 Å². The van der Waals surface area contributed by atoms with Crippen LogP contribution in [-0.2, 0) is 9.47 Å². The maximum absolute atomic E-state index is 8.60. The van der Waals surface area contributed by atoms with Gasteiger partial charge in [-0.1, -0.05) is 0 Å². The number of likely N-dealkylation sites (N-methyl/N-ethyl adjacent to an activating group) is 1. The molecule has 5 heteroatoms. The van der Waals surface area contributed by atoms with Gasteiger partial charge in [-0.15, -0.1) is 0 Å². The third-order valence-electron chi connectivity index (χ3n) is 1.76. The van der Waals surface area contributed by atoms with E-state index in [-0.39, 0.29) is 12.9 Å². The van der Waals surface area contributed by atoms with Gasteiger partial charge in [0.1, 0.15) is 0 Å². The molecule has 0 atom stereocenters. The van der Waals surface area contributed by atoms with E-state index in [0.717, 1.165) is 0 Å². The lowest BCUT2D eigenvalue weighted by molar-refractivity contribution is -0.107. The van der Waals surface area contributed by atoms with Crippen molar-refractivity contribution in [2.75, 3.05) is 34.4 Å². The summed E-state index contributed by atoms with van der Waals surface area (Å²) >= 11 is 0. The first-order valence-corrected chi connectivity index (χ1v) is 4.10. The predicted octanol–water partition coefficient (Wildman–Crippen LogP) is -0.103. The van der Waals surface area contributed by atoms with E-state index < -0.39 is 0 Å². The molecule has 0 aliphatic heterocycles. The molecular weight excluding hydrogens is 172 g/mol. The normalized spacial score (nSPS) is 10.5. The summed E-state index contributed by atoms with van der Waals surface area (Å²) in [5, 5.41) is 16.1. The minimum atomic E-state index is -0.330. The van der Waals surface area contributed by atoms with Gasteiger partial charge in [-0.2, -0.15) is 0 Å². The van der Waals surface area contributed by atoms with Gasteiger partial charge in [0, 0.05) is 27.7 Å². The van der Waals surface area contributed by atoms with Crippen LogP contribution in [0.25, 0.3) is 0 Å². The highest BCUT2D eigenvalue weighted by Gasteiger charge is 2.11. The molecule has 2 N–H and O–H groups in total. The molecule has 0 aromatic rings. The van der Waals surface area contributed by atoms with Crippen molar-refractivity contribution >= 4 is 5.84 Å². The molecule has 5 nitrogen and oxygen atoms in total. The first kappa shape index (κ1) is 12.3. The average Bonchev–Trinajstić information content (AvgIpc) is 2.14. The van der Waals surface area contributed by atoms with Gasteiger partial charge in [0.15, 0.2) is 6.29 Å². The average molecular weight is 190 g/mol. The fraction of sp³-hybridized carbons (Fsp3) is 0.875. The molecule has 0 saturated carbocycles. The van der Waals surface area contributed by atoms with Crippen LogP contribution in [-0.4, -0.2) is 56.6 Å². The Bertz CT molecular complexity index is 148. The van der Waals surface area contributed by atoms with Gasteiger partial charge in [0.05, 0.1) is 19.0 Å². The SMILES string of the molecule is COC(CN(C)C(=N)CCO)OC. The van der Waals surface area contributed by atoms with E-state index in [4.69, 9.17) is 20.0 Å². The maximum Gasteiger partial charge on any atom is 0.174 e. The van der Waals surface area contributed by atoms with Crippen molar-refractivity contribution in [1.29, 1.82) is 5.41 Å². The first-order chi connectivity index (χ1) is 6.15. The van der Waals surface area contributed by atoms with Crippen molar-refractivity contribution in [3.63, 3.8) is 0 Å². The molecule has 0 aliphatic rings. The lowest BCUT2D eigenvalue weighted by atomic mass is 10.3. The fourth-order valence-electron chi connectivity index (χ4n) is 0.876. The maximum atomic E-state index is 8.60. The van der Waals surface area contributed by atoms with Crippen molar-refractivity contribution < 1.29 is 14.6 Å². The van der Waals surface area contributed by atoms with Crippen LogP contribution in [0.5, 0.6) is 0 Å². The monoisotopic (exact) mass is 190 g/mol. The number of ether oxygens (including phenoxy) is 2. The number of rotatable bonds is 6. The number of aliphatic hydroxyl groups excluding tert-OH is 1. The Morgan fingerprint density at radius 3 is 2.38 bits per heavy atom. The summed E-state index contributed by atoms with van der Waals surface area (Å²) in [6.07, 6.45) is 0.0282. The largest absolute Gasteiger partial charge is 0.396 e. The molecule has 13 heavy (non-hydrogen) atoms. The van der Waals surface area contributed by atoms with Crippen LogP contribution in [0.2, 0.25) is 0 Å². The Balaban J connectivity index is 3.82. The molecule has 0 saturated heterocycles. The highest BCUT2D eigenvalue weighted by Crippen LogP contribution is 1.97. The van der Waals surface area contributed by atoms with Crippen LogP contribution < -0.4 is 0 Å². The van der Waals surface area contributed by atoms with Gasteiger partial charge >= 0.3 is 0 Å². The van der Waals surface area contributed by atoms with Crippen molar-refractivity contribution in [1.82, 2.24) is 4.90 Å². The van der Waals surface area contributed by atoms with Crippen molar-refractivity contribution in [2.24, 2.45) is 0 Å². The highest BCUT2D eigenvalue weighted by atomic mass is 16.7. The van der Waals surface area contributed by atoms with E-state index in [2.05, 4.69) is 0 Å². The number of methoxy groups -OCH3 is 2. The van der Waals surface area contributed by atoms with E-state index in [0.29, 0.717) is 18.8 Å². The summed E-state index contributed by atoms with van der Waals surface area (Å²) < 4.78 is 9.95. The Hall–Kier alpha value is -0.650. The van der Waals surface area contributed by atoms with Crippen LogP contribution in [0.1, 0.15) is 6.42 Å². The second-order valence-electron chi connectivity index (χ2n) is 2.70. The Morgan fingerprint density at radius 2 is 2.00 bits per heavy atom. The second kappa shape index (κ2) is 6.82. The van der Waals surface area contributed by atoms with Gasteiger partial charge in [0.25, 0.3) is 0 Å². The van der Waals surface area contributed by atoms with Crippen LogP contribution in [0.3, 0.4) is 0 Å². The third-order valence-corrected chi connectivity index (χ3v) is 1.76. The smallest absolute Gasteiger partial charge is 0.174 e. The molecule has 0 fully saturated rings. The molecule has 0 amide bonds. The third kappa shape index (κ3) is 4.82. The lowest BCUT2D eigenvalue weighted by Gasteiger charge is -2.23. The van der Waals surface area contributed by atoms with Gasteiger partial charge in [-0.25, -0.2) is 0 Å². The number of amidine groups is 1. The summed E-state index contributed by atoms with van der Waals surface area (Å²) in [5.41, 5.74) is 0. The molecule has 0 unspecified atom stereocenters. The molecule has 0 spiro atoms. The number of nitrogens with zero attached hydrogens (tertiary/aromatic N) is 1. The predicted molar refractivity (Wildman–Crippen MR) is 49.9 cm³/mol. The Labute approximate surface area is 78.8 Å². The molecule has 0 aromatic heterocycles. The summed E-state index contributed by atoms with van der Waals surface area (Å²) in [7, 11) is 4.87. The van der Waals surface area contributed by atoms with Crippen molar-refractivity contribution in [3.8, 4) is 0 Å². The highest BCUT2D eigenvalue weighted by molar-refractivity contribution is 5.78. The van der Waals surface area contributed by atoms with Gasteiger partial charge < -0.3 is 19.5 Å². The van der Waals surface area contributed by atoms with E-state index in [1.54, 1.807) is 26.2 Å². The van der Waals surface area contributed by atoms with Crippen LogP contribution >= 0.6 is 0 Å². The minimum absolute atomic E-state index is 0.00615. The van der Waals surface area contributed by atoms with Crippen LogP contribution in [0.4, 0.5) is 0 Å². The molecule has 0 aliphatic carbocycles. The summed E-state index contributed by atoms with van der Waals surface area (Å²) in [6.45, 7) is 0.486. The number of hydrogen-bond acceptors (Lipinski definition) is 4. The Morgan fingerprint density at radius 1 is 1.46 bits per heavy atom. The number of hydrogen-bond donors (Lipinski definition) is 2. The second-order valence-corrected chi connectivity index (χ2v) is 2.70. The van der Waals surface area contributed by atoms with E-state index in [1.165, 1.54) is 0 Å². The van der Waals surface area contributed by atoms with Gasteiger partial charge in [-0.3, -0.25) is 5.41 Å². The Kier molecular flexibility index (Phi) is 6.48. The van der Waals surface area contributed by atoms with Gasteiger partial charge in [-0.05, 0) is 0 Å². The molecule has 0 heterocycles. The first-order valence-electron chi connectivity index (χ1n) is 4.10. The zero-order valence-electron chi connectivity index (χ0n) is 8.41. The molecule has 0 aromatic carbocycles. The quantitative estimate of drug-likeness (QED) is 0.348.